The quantitative estimate of drug-likeness (QED) is 0.247. The number of unbranched alkanes of at least 4 members (excludes halogenated alkanes) is 3. The van der Waals surface area contributed by atoms with Crippen LogP contribution in [0.5, 0.6) is 5.75 Å². The summed E-state index contributed by atoms with van der Waals surface area (Å²) in [4.78, 5) is 9.95. The summed E-state index contributed by atoms with van der Waals surface area (Å²) < 4.78 is 6.91. The molecular formula is C24H24BrN3OS. The van der Waals surface area contributed by atoms with E-state index in [1.165, 1.54) is 19.3 Å². The van der Waals surface area contributed by atoms with Crippen molar-refractivity contribution < 1.29 is 4.74 Å². The van der Waals surface area contributed by atoms with Crippen LogP contribution in [0.2, 0.25) is 0 Å². The van der Waals surface area contributed by atoms with Gasteiger partial charge in [-0.15, -0.1) is 11.3 Å². The number of anilines is 2. The van der Waals surface area contributed by atoms with Gasteiger partial charge in [-0.2, -0.15) is 0 Å². The highest BCUT2D eigenvalue weighted by atomic mass is 79.9. The summed E-state index contributed by atoms with van der Waals surface area (Å²) in [5.41, 5.74) is 3.26. The zero-order chi connectivity index (χ0) is 20.8. The standard InChI is InChI=1S/C24H24BrN3OS/c1-2-3-4-5-14-29-20-12-10-19(11-13-20)28-23-22-21(15-30-24(22)27-16-26-23)17-6-8-18(25)9-7-17/h6-13,15-16H,2-5,14H2,1H3,(H,26,27,28). The van der Waals surface area contributed by atoms with Crippen molar-refractivity contribution >= 4 is 49.0 Å². The number of aromatic nitrogens is 2. The number of hydrogen-bond acceptors (Lipinski definition) is 5. The van der Waals surface area contributed by atoms with E-state index in [0.717, 1.165) is 56.1 Å². The van der Waals surface area contributed by atoms with Gasteiger partial charge in [0.25, 0.3) is 0 Å². The van der Waals surface area contributed by atoms with Crippen molar-refractivity contribution in [3.8, 4) is 16.9 Å². The van der Waals surface area contributed by atoms with Gasteiger partial charge in [-0.1, -0.05) is 54.2 Å². The summed E-state index contributed by atoms with van der Waals surface area (Å²) in [7, 11) is 0. The van der Waals surface area contributed by atoms with E-state index in [1.54, 1.807) is 17.7 Å². The maximum absolute atomic E-state index is 5.85. The lowest BCUT2D eigenvalue weighted by Gasteiger charge is -2.10. The molecule has 0 unspecified atom stereocenters. The van der Waals surface area contributed by atoms with E-state index in [9.17, 15) is 0 Å². The zero-order valence-corrected chi connectivity index (χ0v) is 19.3. The number of rotatable bonds is 9. The highest BCUT2D eigenvalue weighted by Gasteiger charge is 2.13. The number of halogens is 1. The molecule has 30 heavy (non-hydrogen) atoms. The second kappa shape index (κ2) is 10.0. The van der Waals surface area contributed by atoms with Gasteiger partial charge in [0.15, 0.2) is 0 Å². The first-order chi connectivity index (χ1) is 14.7. The lowest BCUT2D eigenvalue weighted by molar-refractivity contribution is 0.305. The normalized spacial score (nSPS) is 11.0. The molecule has 0 bridgehead atoms. The molecule has 1 N–H and O–H groups in total. The maximum atomic E-state index is 5.85. The van der Waals surface area contributed by atoms with Crippen molar-refractivity contribution in [2.24, 2.45) is 0 Å². The molecule has 2 aromatic heterocycles. The molecule has 0 aliphatic heterocycles. The molecule has 0 amide bonds. The average Bonchev–Trinajstić information content (AvgIpc) is 3.21. The van der Waals surface area contributed by atoms with Crippen LogP contribution in [0.3, 0.4) is 0 Å². The molecule has 0 saturated heterocycles. The molecule has 6 heteroatoms. The number of thiophene rings is 1. The van der Waals surface area contributed by atoms with E-state index in [0.29, 0.717) is 0 Å². The molecule has 0 radical (unpaired) electrons. The molecule has 0 atom stereocenters. The van der Waals surface area contributed by atoms with Crippen molar-refractivity contribution in [2.75, 3.05) is 11.9 Å². The minimum atomic E-state index is 0.769. The van der Waals surface area contributed by atoms with Crippen LogP contribution < -0.4 is 10.1 Å². The van der Waals surface area contributed by atoms with Crippen molar-refractivity contribution in [2.45, 2.75) is 32.6 Å². The molecular weight excluding hydrogens is 458 g/mol. The topological polar surface area (TPSA) is 47.0 Å². The lowest BCUT2D eigenvalue weighted by Crippen LogP contribution is -1.98. The van der Waals surface area contributed by atoms with Crippen LogP contribution in [0, 0.1) is 0 Å². The maximum Gasteiger partial charge on any atom is 0.143 e. The first-order valence-electron chi connectivity index (χ1n) is 10.2. The minimum Gasteiger partial charge on any atom is -0.494 e. The largest absolute Gasteiger partial charge is 0.494 e. The van der Waals surface area contributed by atoms with Gasteiger partial charge in [0.05, 0.1) is 12.0 Å². The molecule has 154 valence electrons. The Balaban J connectivity index is 1.51. The fourth-order valence-corrected chi connectivity index (χ4v) is 4.48. The number of ether oxygens (including phenoxy) is 1. The third kappa shape index (κ3) is 4.99. The monoisotopic (exact) mass is 481 g/mol. The third-order valence-corrected chi connectivity index (χ3v) is 6.32. The lowest BCUT2D eigenvalue weighted by atomic mass is 10.1. The van der Waals surface area contributed by atoms with Gasteiger partial charge < -0.3 is 10.1 Å². The molecule has 2 aromatic carbocycles. The van der Waals surface area contributed by atoms with Crippen molar-refractivity contribution in [1.82, 2.24) is 9.97 Å². The Kier molecular flexibility index (Phi) is 6.97. The summed E-state index contributed by atoms with van der Waals surface area (Å²) in [5, 5.41) is 6.64. The Morgan fingerprint density at radius 1 is 0.967 bits per heavy atom. The van der Waals surface area contributed by atoms with E-state index in [1.807, 2.05) is 24.3 Å². The number of benzene rings is 2. The molecule has 0 aliphatic carbocycles. The molecule has 2 heterocycles. The fraction of sp³-hybridized carbons (Fsp3) is 0.250. The molecule has 0 aliphatic rings. The summed E-state index contributed by atoms with van der Waals surface area (Å²) in [5.74, 6) is 1.71. The van der Waals surface area contributed by atoms with Gasteiger partial charge in [0.2, 0.25) is 0 Å². The predicted molar refractivity (Wildman–Crippen MR) is 130 cm³/mol. The Labute approximate surface area is 189 Å². The predicted octanol–water partition coefficient (Wildman–Crippen LogP) is 7.82. The van der Waals surface area contributed by atoms with Crippen LogP contribution in [0.1, 0.15) is 32.6 Å². The molecule has 0 saturated carbocycles. The van der Waals surface area contributed by atoms with E-state index in [4.69, 9.17) is 4.74 Å². The average molecular weight is 482 g/mol. The minimum absolute atomic E-state index is 0.769. The van der Waals surface area contributed by atoms with Crippen molar-refractivity contribution in [3.05, 3.63) is 64.7 Å². The first kappa shape index (κ1) is 20.8. The SMILES string of the molecule is CCCCCCOc1ccc(Nc2ncnc3scc(-c4ccc(Br)cc4)c23)cc1. The van der Waals surface area contributed by atoms with Crippen LogP contribution in [0.25, 0.3) is 21.3 Å². The van der Waals surface area contributed by atoms with Crippen LogP contribution in [0.4, 0.5) is 11.5 Å². The van der Waals surface area contributed by atoms with E-state index < -0.39 is 0 Å². The second-order valence-corrected chi connectivity index (χ2v) is 8.89. The molecule has 0 spiro atoms. The first-order valence-corrected chi connectivity index (χ1v) is 11.9. The van der Waals surface area contributed by atoms with Gasteiger partial charge in [0.1, 0.15) is 22.7 Å². The van der Waals surface area contributed by atoms with Crippen molar-refractivity contribution in [3.63, 3.8) is 0 Å². The Morgan fingerprint density at radius 3 is 2.53 bits per heavy atom. The van der Waals surface area contributed by atoms with Crippen LogP contribution in [-0.4, -0.2) is 16.6 Å². The van der Waals surface area contributed by atoms with Gasteiger partial charge >= 0.3 is 0 Å². The second-order valence-electron chi connectivity index (χ2n) is 7.12. The van der Waals surface area contributed by atoms with Crippen LogP contribution >= 0.6 is 27.3 Å². The van der Waals surface area contributed by atoms with Crippen LogP contribution in [0.15, 0.2) is 64.7 Å². The molecule has 4 aromatic rings. The van der Waals surface area contributed by atoms with Crippen molar-refractivity contribution in [1.29, 1.82) is 0 Å². The Morgan fingerprint density at radius 2 is 1.77 bits per heavy atom. The molecule has 4 rings (SSSR count). The highest BCUT2D eigenvalue weighted by molar-refractivity contribution is 9.10. The number of nitrogens with zero attached hydrogens (tertiary/aromatic N) is 2. The summed E-state index contributed by atoms with van der Waals surface area (Å²) in [6.07, 6.45) is 6.44. The summed E-state index contributed by atoms with van der Waals surface area (Å²) in [6, 6.07) is 16.4. The molecule has 4 nitrogen and oxygen atoms in total. The molecule has 0 fully saturated rings. The highest BCUT2D eigenvalue weighted by Crippen LogP contribution is 2.37. The number of fused-ring (bicyclic) bond motifs is 1. The van der Waals surface area contributed by atoms with E-state index >= 15 is 0 Å². The van der Waals surface area contributed by atoms with Gasteiger partial charge in [-0.25, -0.2) is 9.97 Å². The fourth-order valence-electron chi connectivity index (χ4n) is 3.30. The number of hydrogen-bond donors (Lipinski definition) is 1. The Hall–Kier alpha value is -2.44. The smallest absolute Gasteiger partial charge is 0.143 e. The summed E-state index contributed by atoms with van der Waals surface area (Å²) in [6.45, 7) is 2.99. The zero-order valence-electron chi connectivity index (χ0n) is 16.9. The van der Waals surface area contributed by atoms with Gasteiger partial charge in [0, 0.05) is 21.1 Å². The summed E-state index contributed by atoms with van der Waals surface area (Å²) >= 11 is 5.14. The number of nitrogens with one attached hydrogen (secondary N) is 1. The van der Waals surface area contributed by atoms with E-state index in [-0.39, 0.29) is 0 Å². The third-order valence-electron chi connectivity index (χ3n) is 4.91. The van der Waals surface area contributed by atoms with Gasteiger partial charge in [-0.05, 0) is 48.4 Å². The van der Waals surface area contributed by atoms with Gasteiger partial charge in [-0.3, -0.25) is 0 Å². The van der Waals surface area contributed by atoms with Crippen LogP contribution in [-0.2, 0) is 0 Å². The Bertz CT molecular complexity index is 1090. The van der Waals surface area contributed by atoms with E-state index in [2.05, 4.69) is 67.8 Å².